The summed E-state index contributed by atoms with van der Waals surface area (Å²) in [6.45, 7) is 0.291. The molecule has 0 aliphatic rings. The van der Waals surface area contributed by atoms with Crippen molar-refractivity contribution < 1.29 is 38.0 Å². The molecule has 0 fully saturated rings. The standard InChI is InChI=1S/C20H24O8/c1-22-12-27-16-7-8-17(20(21)25-4)19(10-16)26-11-14-5-6-15(24-3)9-18(14)28-13-23-2/h5-10H,11-13H2,1-4H3. The summed E-state index contributed by atoms with van der Waals surface area (Å²) >= 11 is 0. The van der Waals surface area contributed by atoms with Crippen molar-refractivity contribution in [2.75, 3.05) is 42.0 Å². The van der Waals surface area contributed by atoms with Gasteiger partial charge in [-0.15, -0.1) is 0 Å². The molecule has 0 saturated heterocycles. The van der Waals surface area contributed by atoms with Crippen molar-refractivity contribution in [2.24, 2.45) is 0 Å². The molecule has 0 atom stereocenters. The van der Waals surface area contributed by atoms with E-state index in [2.05, 4.69) is 0 Å². The maximum Gasteiger partial charge on any atom is 0.341 e. The normalized spacial score (nSPS) is 10.3. The Bertz CT molecular complexity index is 775. The van der Waals surface area contributed by atoms with Gasteiger partial charge in [-0.05, 0) is 24.3 Å². The predicted octanol–water partition coefficient (Wildman–Crippen LogP) is 3.03. The number of rotatable bonds is 11. The molecule has 0 N–H and O–H groups in total. The smallest absolute Gasteiger partial charge is 0.341 e. The van der Waals surface area contributed by atoms with Crippen molar-refractivity contribution in [3.05, 3.63) is 47.5 Å². The van der Waals surface area contributed by atoms with Gasteiger partial charge >= 0.3 is 5.97 Å². The largest absolute Gasteiger partial charge is 0.497 e. The Morgan fingerprint density at radius 3 is 2.14 bits per heavy atom. The van der Waals surface area contributed by atoms with Gasteiger partial charge in [0.05, 0.1) is 14.2 Å². The highest BCUT2D eigenvalue weighted by Crippen LogP contribution is 2.30. The molecule has 0 bridgehead atoms. The second-order valence-corrected chi connectivity index (χ2v) is 5.51. The van der Waals surface area contributed by atoms with E-state index < -0.39 is 5.97 Å². The molecule has 28 heavy (non-hydrogen) atoms. The van der Waals surface area contributed by atoms with Crippen LogP contribution in [0.2, 0.25) is 0 Å². The van der Waals surface area contributed by atoms with Crippen LogP contribution in [0.5, 0.6) is 23.0 Å². The van der Waals surface area contributed by atoms with E-state index in [1.165, 1.54) is 21.3 Å². The van der Waals surface area contributed by atoms with Crippen molar-refractivity contribution in [3.63, 3.8) is 0 Å². The Labute approximate surface area is 163 Å². The summed E-state index contributed by atoms with van der Waals surface area (Å²) in [6, 6.07) is 10.1. The summed E-state index contributed by atoms with van der Waals surface area (Å²) in [7, 11) is 5.93. The van der Waals surface area contributed by atoms with Crippen LogP contribution in [0.25, 0.3) is 0 Å². The molecular formula is C20H24O8. The average molecular weight is 392 g/mol. The summed E-state index contributed by atoms with van der Waals surface area (Å²) in [5, 5.41) is 0. The average Bonchev–Trinajstić information content (AvgIpc) is 2.74. The molecule has 2 rings (SSSR count). The van der Waals surface area contributed by atoms with Crippen molar-refractivity contribution in [2.45, 2.75) is 6.61 Å². The second kappa shape index (κ2) is 11.0. The van der Waals surface area contributed by atoms with Gasteiger partial charge in [-0.2, -0.15) is 0 Å². The third-order valence-corrected chi connectivity index (χ3v) is 3.69. The predicted molar refractivity (Wildman–Crippen MR) is 100 cm³/mol. The van der Waals surface area contributed by atoms with Crippen molar-refractivity contribution >= 4 is 5.97 Å². The molecule has 0 heterocycles. The number of hydrogen-bond donors (Lipinski definition) is 0. The lowest BCUT2D eigenvalue weighted by molar-refractivity contribution is 0.0494. The molecule has 2 aromatic carbocycles. The third-order valence-electron chi connectivity index (χ3n) is 3.69. The van der Waals surface area contributed by atoms with E-state index in [4.69, 9.17) is 33.2 Å². The quantitative estimate of drug-likeness (QED) is 0.426. The van der Waals surface area contributed by atoms with Crippen LogP contribution >= 0.6 is 0 Å². The van der Waals surface area contributed by atoms with Crippen molar-refractivity contribution in [1.29, 1.82) is 0 Å². The van der Waals surface area contributed by atoms with Gasteiger partial charge in [0.25, 0.3) is 0 Å². The first kappa shape index (κ1) is 21.3. The first-order valence-electron chi connectivity index (χ1n) is 8.38. The van der Waals surface area contributed by atoms with Gasteiger partial charge in [-0.1, -0.05) is 0 Å². The molecule has 0 spiro atoms. The zero-order chi connectivity index (χ0) is 20.4. The van der Waals surface area contributed by atoms with Crippen LogP contribution in [0.1, 0.15) is 15.9 Å². The summed E-state index contributed by atoms with van der Waals surface area (Å²) in [5.74, 6) is 1.48. The molecular weight excluding hydrogens is 368 g/mol. The Morgan fingerprint density at radius 2 is 1.46 bits per heavy atom. The number of carbonyl (C=O) groups is 1. The molecule has 0 aromatic heterocycles. The highest BCUT2D eigenvalue weighted by molar-refractivity contribution is 5.92. The third kappa shape index (κ3) is 5.77. The molecule has 8 nitrogen and oxygen atoms in total. The summed E-state index contributed by atoms with van der Waals surface area (Å²) < 4.78 is 36.8. The zero-order valence-electron chi connectivity index (χ0n) is 16.4. The van der Waals surface area contributed by atoms with E-state index in [1.54, 1.807) is 37.4 Å². The molecule has 0 aliphatic heterocycles. The monoisotopic (exact) mass is 392 g/mol. The van der Waals surface area contributed by atoms with Crippen LogP contribution in [-0.2, 0) is 20.8 Å². The van der Waals surface area contributed by atoms with E-state index in [-0.39, 0.29) is 25.8 Å². The maximum atomic E-state index is 12.0. The first-order valence-corrected chi connectivity index (χ1v) is 8.38. The van der Waals surface area contributed by atoms with Crippen LogP contribution in [-0.4, -0.2) is 48.0 Å². The fourth-order valence-corrected chi connectivity index (χ4v) is 2.31. The Hall–Kier alpha value is -2.97. The van der Waals surface area contributed by atoms with Gasteiger partial charge in [0, 0.05) is 31.9 Å². The number of esters is 1. The molecule has 0 unspecified atom stereocenters. The lowest BCUT2D eigenvalue weighted by atomic mass is 10.1. The van der Waals surface area contributed by atoms with Gasteiger partial charge in [-0.3, -0.25) is 0 Å². The lowest BCUT2D eigenvalue weighted by Crippen LogP contribution is -2.08. The number of methoxy groups -OCH3 is 4. The minimum Gasteiger partial charge on any atom is -0.497 e. The van der Waals surface area contributed by atoms with Crippen LogP contribution in [0, 0.1) is 0 Å². The topological polar surface area (TPSA) is 81.7 Å². The van der Waals surface area contributed by atoms with E-state index in [1.807, 2.05) is 6.07 Å². The van der Waals surface area contributed by atoms with Gasteiger partial charge in [-0.25, -0.2) is 4.79 Å². The molecule has 2 aromatic rings. The van der Waals surface area contributed by atoms with Gasteiger partial charge in [0.15, 0.2) is 13.6 Å². The van der Waals surface area contributed by atoms with Gasteiger partial charge < -0.3 is 33.2 Å². The molecule has 152 valence electrons. The van der Waals surface area contributed by atoms with E-state index in [0.717, 1.165) is 5.56 Å². The summed E-state index contributed by atoms with van der Waals surface area (Å²) in [6.07, 6.45) is 0. The molecule has 0 radical (unpaired) electrons. The fraction of sp³-hybridized carbons (Fsp3) is 0.350. The molecule has 0 aliphatic carbocycles. The molecule has 0 saturated carbocycles. The summed E-state index contributed by atoms with van der Waals surface area (Å²) in [4.78, 5) is 12.0. The van der Waals surface area contributed by atoms with Crippen molar-refractivity contribution in [3.8, 4) is 23.0 Å². The number of hydrogen-bond acceptors (Lipinski definition) is 8. The minimum atomic E-state index is -0.515. The lowest BCUT2D eigenvalue weighted by Gasteiger charge is -2.15. The van der Waals surface area contributed by atoms with E-state index in [9.17, 15) is 4.79 Å². The Balaban J connectivity index is 2.25. The highest BCUT2D eigenvalue weighted by atomic mass is 16.7. The van der Waals surface area contributed by atoms with Crippen LogP contribution in [0.3, 0.4) is 0 Å². The van der Waals surface area contributed by atoms with Gasteiger partial charge in [0.2, 0.25) is 0 Å². The number of ether oxygens (including phenoxy) is 7. The SMILES string of the molecule is COCOc1ccc(C(=O)OC)c(OCc2ccc(OC)cc2OCOC)c1. The zero-order valence-corrected chi connectivity index (χ0v) is 16.4. The van der Waals surface area contributed by atoms with Crippen LogP contribution < -0.4 is 18.9 Å². The number of benzene rings is 2. The van der Waals surface area contributed by atoms with Crippen molar-refractivity contribution in [1.82, 2.24) is 0 Å². The first-order chi connectivity index (χ1) is 13.6. The molecule has 8 heteroatoms. The minimum absolute atomic E-state index is 0.0739. The van der Waals surface area contributed by atoms with Crippen LogP contribution in [0.15, 0.2) is 36.4 Å². The number of carbonyl (C=O) groups excluding carboxylic acids is 1. The summed E-state index contributed by atoms with van der Waals surface area (Å²) in [5.41, 5.74) is 1.03. The fourth-order valence-electron chi connectivity index (χ4n) is 2.31. The Morgan fingerprint density at radius 1 is 0.786 bits per heavy atom. The van der Waals surface area contributed by atoms with E-state index >= 15 is 0 Å². The Kier molecular flexibility index (Phi) is 8.38. The second-order valence-electron chi connectivity index (χ2n) is 5.51. The van der Waals surface area contributed by atoms with Crippen LogP contribution in [0.4, 0.5) is 0 Å². The maximum absolute atomic E-state index is 12.0. The van der Waals surface area contributed by atoms with Gasteiger partial charge in [0.1, 0.15) is 35.2 Å². The highest BCUT2D eigenvalue weighted by Gasteiger charge is 2.16. The molecule has 0 amide bonds. The van der Waals surface area contributed by atoms with E-state index in [0.29, 0.717) is 23.0 Å².